The smallest absolute Gasteiger partial charge is 0.322 e. The van der Waals surface area contributed by atoms with Crippen LogP contribution in [0.15, 0.2) is 42.5 Å². The van der Waals surface area contributed by atoms with Crippen LogP contribution in [-0.4, -0.2) is 119 Å². The summed E-state index contributed by atoms with van der Waals surface area (Å²) in [6, 6.07) is 14.5. The molecule has 522 valence electrons. The second-order valence-electron chi connectivity index (χ2n) is 11.7. The fraction of sp³-hybridized carbons (Fsp3) is 0.750. The minimum absolute atomic E-state index is 0. The van der Waals surface area contributed by atoms with Gasteiger partial charge in [0.25, 0.3) is 0 Å². The van der Waals surface area contributed by atoms with Gasteiger partial charge in [0.15, 0.2) is 0 Å². The molecule has 83 heavy (non-hydrogen) atoms. The number of sulfonamides is 2. The number of carbonyl (C=O) groups excluding carboxylic acids is 2. The van der Waals surface area contributed by atoms with Crippen molar-refractivity contribution in [1.29, 1.82) is 0 Å². The van der Waals surface area contributed by atoms with E-state index in [0.717, 1.165) is 44.0 Å². The van der Waals surface area contributed by atoms with Gasteiger partial charge in [0.1, 0.15) is 13.1 Å². The molecule has 0 spiro atoms. The number of halogens is 2. The lowest BCUT2D eigenvalue weighted by Crippen LogP contribution is -2.48. The number of rotatable bonds is 10. The van der Waals surface area contributed by atoms with Crippen molar-refractivity contribution >= 4 is 67.0 Å². The maximum Gasteiger partial charge on any atom is 0.322 e. The molecule has 1 fully saturated rings. The Morgan fingerprint density at radius 1 is 0.578 bits per heavy atom. The van der Waals surface area contributed by atoms with Crippen LogP contribution in [-0.2, 0) is 52.1 Å². The number of carboxylic acid groups (broad SMARTS) is 2. The molecule has 2 aliphatic rings. The summed E-state index contributed by atoms with van der Waals surface area (Å²) in [5.41, 5.74) is 3.57. The van der Waals surface area contributed by atoms with E-state index >= 15 is 0 Å². The van der Waals surface area contributed by atoms with Gasteiger partial charge in [0.2, 0.25) is 31.9 Å². The predicted octanol–water partition coefficient (Wildman–Crippen LogP) is 20.0. The van der Waals surface area contributed by atoms with Gasteiger partial charge in [-0.25, -0.2) is 26.3 Å². The number of nitrogens with one attached hydrogen (secondary N) is 3. The number of benzene rings is 2. The maximum atomic E-state index is 13.2. The summed E-state index contributed by atoms with van der Waals surface area (Å²) in [6.45, 7) is 42.7. The first kappa shape index (κ1) is 148. The second kappa shape index (κ2) is 107. The third-order valence-corrected chi connectivity index (χ3v) is 9.70. The van der Waals surface area contributed by atoms with Gasteiger partial charge in [0, 0.05) is 20.0 Å². The summed E-state index contributed by atoms with van der Waals surface area (Å²) >= 11 is 12.2. The summed E-state index contributed by atoms with van der Waals surface area (Å²) in [5.74, 6) is -2.43. The minimum atomic E-state index is -3.35. The first-order valence-corrected chi connectivity index (χ1v) is 30.2. The number of likely N-dealkylation sites (tertiary alicyclic amines) is 1. The van der Waals surface area contributed by atoms with Crippen molar-refractivity contribution in [2.45, 2.75) is 279 Å². The van der Waals surface area contributed by atoms with Gasteiger partial charge in [-0.15, -0.1) is 0 Å². The molecule has 15 nitrogen and oxygen atoms in total. The molecule has 1 saturated heterocycles. The zero-order valence-corrected chi connectivity index (χ0v) is 52.3. The maximum absolute atomic E-state index is 13.2. The van der Waals surface area contributed by atoms with Crippen LogP contribution in [0.25, 0.3) is 0 Å². The lowest BCUT2D eigenvalue weighted by molar-refractivity contribution is -0.137. The number of fused-ring (bicyclic) bond motifs is 1. The van der Waals surface area contributed by atoms with Crippen molar-refractivity contribution in [2.75, 3.05) is 52.8 Å². The third kappa shape index (κ3) is 92.6. The Bertz CT molecular complexity index is 1710. The number of likely N-dealkylation sites (N-methyl/N-ethyl adjacent to an activating group) is 1. The highest BCUT2D eigenvalue weighted by Gasteiger charge is 2.38. The molecule has 2 unspecified atom stereocenters. The highest BCUT2D eigenvalue weighted by Crippen LogP contribution is 2.38. The SMILES string of the molecule is C.C.C.C.C.C.C.C.C.C.C.C.CC.CC.CC.CC.CC.CC.CC.CC.CC.CC.CC(=O)NCC(=O)O.CN(C(=O)Cc1ccc(Cl)c(Cl)c1)C1c2ccccc2CCC1N1CCCC1.CNS(C)(=O)=O.CS(=O)(=O)NCC(=O)O. The zero-order valence-electron chi connectivity index (χ0n) is 49.2. The van der Waals surface area contributed by atoms with Crippen molar-refractivity contribution in [1.82, 2.24) is 24.6 Å². The Kier molecular flexibility index (Phi) is 191. The average molecular weight is 1290 g/mol. The van der Waals surface area contributed by atoms with Crippen LogP contribution in [0, 0.1) is 0 Å². The van der Waals surface area contributed by atoms with E-state index in [0.29, 0.717) is 22.5 Å². The Morgan fingerprint density at radius 2 is 0.928 bits per heavy atom. The molecule has 1 aliphatic heterocycles. The van der Waals surface area contributed by atoms with Gasteiger partial charge in [-0.3, -0.25) is 24.1 Å². The standard InChI is InChI=1S/C23H26Cl2N2O.C4H7NO3.C3H7NO4S.C2H7NO2S.10C2H6.12CH4/c1-26(22(28)15-16-8-10-19(24)20(25)14-16)23-18-7-3-2-6-17(18)9-11-21(23)27-12-4-5-13-27;1-3(6)5-2-4(7)8;1-9(7,8)4-2-3(5)6;1-3-6(2,4)5;10*1-2;;;;;;;;;;;;/h2-3,6-8,10,14,21,23H,4-5,9,11-13,15H2,1H3;2H2,1H3,(H,5,6)(H,7,8);4H,2H2,1H3,(H,5,6);3H,1-2H3;10*1-2H3;12*1H4. The van der Waals surface area contributed by atoms with E-state index in [1.165, 1.54) is 37.9 Å². The Balaban J connectivity index is -0.0000000291. The second-order valence-corrected chi connectivity index (χ2v) is 16.3. The summed E-state index contributed by atoms with van der Waals surface area (Å²) in [7, 11) is -2.94. The van der Waals surface area contributed by atoms with Crippen LogP contribution in [0.1, 0.15) is 277 Å². The molecule has 0 saturated carbocycles. The molecule has 0 bridgehead atoms. The summed E-state index contributed by atoms with van der Waals surface area (Å²) in [5, 5.41) is 19.0. The molecule has 2 atom stereocenters. The molecular weight excluding hydrogens is 1130 g/mol. The fourth-order valence-corrected chi connectivity index (χ4v) is 5.84. The van der Waals surface area contributed by atoms with Crippen molar-refractivity contribution < 1.29 is 46.2 Å². The van der Waals surface area contributed by atoms with Gasteiger partial charge < -0.3 is 20.4 Å². The number of hydrogen-bond donors (Lipinski definition) is 5. The molecule has 5 N–H and O–H groups in total. The number of amides is 2. The number of nitrogens with zero attached hydrogens (tertiary/aromatic N) is 2. The summed E-state index contributed by atoms with van der Waals surface area (Å²) in [4.78, 5) is 47.1. The molecule has 19 heteroatoms. The van der Waals surface area contributed by atoms with Crippen LogP contribution in [0.5, 0.6) is 0 Å². The van der Waals surface area contributed by atoms with E-state index in [9.17, 15) is 36.0 Å². The Labute approximate surface area is 535 Å². The number of hydrogen-bond acceptors (Lipinski definition) is 9. The molecule has 1 aliphatic carbocycles. The van der Waals surface area contributed by atoms with Gasteiger partial charge in [0.05, 0.1) is 35.0 Å². The van der Waals surface area contributed by atoms with Crippen LogP contribution in [0.2, 0.25) is 10.0 Å². The Hall–Kier alpha value is -3.32. The van der Waals surface area contributed by atoms with Crippen molar-refractivity contribution in [3.8, 4) is 0 Å². The number of carbonyl (C=O) groups is 4. The first-order chi connectivity index (χ1) is 33.6. The predicted molar refractivity (Wildman–Crippen MR) is 390 cm³/mol. The average Bonchev–Trinajstić information content (AvgIpc) is 3.95. The zero-order chi connectivity index (χ0) is 58.9. The highest BCUT2D eigenvalue weighted by molar-refractivity contribution is 7.89. The van der Waals surface area contributed by atoms with Crippen LogP contribution >= 0.6 is 23.2 Å². The molecule has 4 rings (SSSR count). The lowest BCUT2D eigenvalue weighted by atomic mass is 9.82. The third-order valence-electron chi connectivity index (χ3n) is 7.55. The molecule has 0 aromatic heterocycles. The van der Waals surface area contributed by atoms with E-state index in [-0.39, 0.29) is 114 Å². The van der Waals surface area contributed by atoms with Gasteiger partial charge in [-0.05, 0) is 74.6 Å². The molecular formula is C64H155Cl2N5O10S2. The largest absolute Gasteiger partial charge is 0.480 e. The fourth-order valence-electron chi connectivity index (χ4n) is 5.14. The Morgan fingerprint density at radius 3 is 1.20 bits per heavy atom. The highest BCUT2D eigenvalue weighted by atomic mass is 35.5. The quantitative estimate of drug-likeness (QED) is 0.151. The number of aryl methyl sites for hydroxylation is 1. The number of carboxylic acids is 2. The summed E-state index contributed by atoms with van der Waals surface area (Å²) < 4.78 is 44.0. The van der Waals surface area contributed by atoms with E-state index in [1.807, 2.05) is 156 Å². The summed E-state index contributed by atoms with van der Waals surface area (Å²) in [6.07, 6.45) is 7.04. The van der Waals surface area contributed by atoms with Gasteiger partial charge >= 0.3 is 11.9 Å². The van der Waals surface area contributed by atoms with Crippen molar-refractivity contribution in [2.24, 2.45) is 0 Å². The first-order valence-electron chi connectivity index (χ1n) is 25.7. The van der Waals surface area contributed by atoms with E-state index in [4.69, 9.17) is 33.4 Å². The van der Waals surface area contributed by atoms with Gasteiger partial charge in [-0.2, -0.15) is 0 Å². The van der Waals surface area contributed by atoms with Gasteiger partial charge in [-0.1, -0.05) is 281 Å². The minimum Gasteiger partial charge on any atom is -0.480 e. The molecule has 2 amide bonds. The van der Waals surface area contributed by atoms with E-state index < -0.39 is 38.5 Å². The van der Waals surface area contributed by atoms with Crippen molar-refractivity contribution in [3.05, 3.63) is 69.2 Å². The van der Waals surface area contributed by atoms with Crippen molar-refractivity contribution in [3.63, 3.8) is 0 Å². The normalized spacial score (nSPS) is 11.0. The van der Waals surface area contributed by atoms with E-state index in [2.05, 4.69) is 39.2 Å². The molecule has 0 radical (unpaired) electrons. The van der Waals surface area contributed by atoms with Crippen LogP contribution in [0.3, 0.4) is 0 Å². The molecule has 2 aromatic carbocycles. The van der Waals surface area contributed by atoms with Crippen LogP contribution in [0.4, 0.5) is 0 Å². The molecule has 2 aromatic rings. The van der Waals surface area contributed by atoms with Crippen LogP contribution < -0.4 is 14.8 Å². The number of aliphatic carboxylic acids is 2. The lowest BCUT2D eigenvalue weighted by Gasteiger charge is -2.43. The van der Waals surface area contributed by atoms with E-state index in [1.54, 1.807) is 16.9 Å². The molecule has 1 heterocycles. The topological polar surface area (TPSA) is 220 Å². The monoisotopic (exact) mass is 1290 g/mol.